The summed E-state index contributed by atoms with van der Waals surface area (Å²) < 4.78 is 27.6. The molecule has 3 rings (SSSR count). The number of rotatable bonds is 4. The average Bonchev–Trinajstić information content (AvgIpc) is 2.52. The molecule has 118 valence electrons. The molecule has 0 spiro atoms. The lowest BCUT2D eigenvalue weighted by atomic mass is 10.2. The highest BCUT2D eigenvalue weighted by molar-refractivity contribution is 7.89. The maximum Gasteiger partial charge on any atom is 0.241 e. The molecule has 0 bridgehead atoms. The molecule has 0 aliphatic heterocycles. The van der Waals surface area contributed by atoms with E-state index >= 15 is 0 Å². The standard InChI is InChI=1S/C17H17N3O2S/c1-12-3-6-17(13(2)9-12)23(21,22)20-11-14-4-5-15-16(10-14)19-8-7-18-15/h3-10,20H,11H2,1-2H3. The van der Waals surface area contributed by atoms with Crippen LogP contribution in [0.25, 0.3) is 11.0 Å². The van der Waals surface area contributed by atoms with Crippen LogP contribution in [-0.2, 0) is 16.6 Å². The Morgan fingerprint density at radius 3 is 2.43 bits per heavy atom. The van der Waals surface area contributed by atoms with E-state index in [4.69, 9.17) is 0 Å². The van der Waals surface area contributed by atoms with Crippen molar-refractivity contribution >= 4 is 21.1 Å². The van der Waals surface area contributed by atoms with Gasteiger partial charge in [-0.15, -0.1) is 0 Å². The minimum atomic E-state index is -3.55. The fraction of sp³-hybridized carbons (Fsp3) is 0.176. The van der Waals surface area contributed by atoms with Crippen molar-refractivity contribution in [2.75, 3.05) is 0 Å². The summed E-state index contributed by atoms with van der Waals surface area (Å²) in [5.41, 5.74) is 4.15. The lowest BCUT2D eigenvalue weighted by molar-refractivity contribution is 0.580. The largest absolute Gasteiger partial charge is 0.253 e. The van der Waals surface area contributed by atoms with E-state index in [2.05, 4.69) is 14.7 Å². The Balaban J connectivity index is 1.83. The molecule has 5 nitrogen and oxygen atoms in total. The highest BCUT2D eigenvalue weighted by Crippen LogP contribution is 2.17. The first-order valence-corrected chi connectivity index (χ1v) is 8.70. The average molecular weight is 327 g/mol. The Morgan fingerprint density at radius 1 is 0.957 bits per heavy atom. The molecule has 2 aromatic carbocycles. The third kappa shape index (κ3) is 3.38. The molecule has 1 N–H and O–H groups in total. The van der Waals surface area contributed by atoms with Crippen LogP contribution < -0.4 is 4.72 Å². The number of nitrogens with zero attached hydrogens (tertiary/aromatic N) is 2. The summed E-state index contributed by atoms with van der Waals surface area (Å²) in [5, 5.41) is 0. The predicted molar refractivity (Wildman–Crippen MR) is 89.5 cm³/mol. The molecule has 0 unspecified atom stereocenters. The third-order valence-corrected chi connectivity index (χ3v) is 5.18. The van der Waals surface area contributed by atoms with Crippen LogP contribution in [0.3, 0.4) is 0 Å². The number of sulfonamides is 1. The molecule has 6 heteroatoms. The van der Waals surface area contributed by atoms with E-state index in [0.29, 0.717) is 4.90 Å². The lowest BCUT2D eigenvalue weighted by Crippen LogP contribution is -2.24. The topological polar surface area (TPSA) is 72.0 Å². The van der Waals surface area contributed by atoms with Crippen LogP contribution in [-0.4, -0.2) is 18.4 Å². The van der Waals surface area contributed by atoms with E-state index in [1.54, 1.807) is 31.5 Å². The normalized spacial score (nSPS) is 11.7. The summed E-state index contributed by atoms with van der Waals surface area (Å²) in [5.74, 6) is 0. The van der Waals surface area contributed by atoms with Crippen LogP contribution in [0.2, 0.25) is 0 Å². The van der Waals surface area contributed by atoms with Crippen molar-refractivity contribution in [2.24, 2.45) is 0 Å². The van der Waals surface area contributed by atoms with Gasteiger partial charge in [0.1, 0.15) is 0 Å². The van der Waals surface area contributed by atoms with Crippen LogP contribution in [0.1, 0.15) is 16.7 Å². The van der Waals surface area contributed by atoms with Crippen molar-refractivity contribution in [2.45, 2.75) is 25.3 Å². The molecule has 0 aliphatic rings. The molecule has 0 radical (unpaired) electrons. The highest BCUT2D eigenvalue weighted by atomic mass is 32.2. The lowest BCUT2D eigenvalue weighted by Gasteiger charge is -2.10. The first-order valence-electron chi connectivity index (χ1n) is 7.22. The van der Waals surface area contributed by atoms with Crippen LogP contribution in [0.5, 0.6) is 0 Å². The van der Waals surface area contributed by atoms with Gasteiger partial charge in [0.2, 0.25) is 10.0 Å². The molecule has 1 heterocycles. The van der Waals surface area contributed by atoms with Crippen molar-refractivity contribution in [3.8, 4) is 0 Å². The van der Waals surface area contributed by atoms with Crippen LogP contribution in [0, 0.1) is 13.8 Å². The second kappa shape index (κ2) is 6.06. The summed E-state index contributed by atoms with van der Waals surface area (Å²) in [6.45, 7) is 3.95. The molecule has 0 aliphatic carbocycles. The molecule has 0 amide bonds. The zero-order chi connectivity index (χ0) is 16.4. The molecule has 23 heavy (non-hydrogen) atoms. The number of fused-ring (bicyclic) bond motifs is 1. The molecular formula is C17H17N3O2S. The maximum absolute atomic E-state index is 12.5. The highest BCUT2D eigenvalue weighted by Gasteiger charge is 2.16. The minimum Gasteiger partial charge on any atom is -0.253 e. The Hall–Kier alpha value is -2.31. The van der Waals surface area contributed by atoms with Gasteiger partial charge in [-0.2, -0.15) is 0 Å². The Bertz CT molecular complexity index is 968. The number of hydrogen-bond donors (Lipinski definition) is 1. The SMILES string of the molecule is Cc1ccc(S(=O)(=O)NCc2ccc3nccnc3c2)c(C)c1. The predicted octanol–water partition coefficient (Wildman–Crippen LogP) is 2.73. The van der Waals surface area contributed by atoms with Gasteiger partial charge >= 0.3 is 0 Å². The van der Waals surface area contributed by atoms with Gasteiger partial charge in [-0.1, -0.05) is 23.8 Å². The molecular weight excluding hydrogens is 310 g/mol. The monoisotopic (exact) mass is 327 g/mol. The molecule has 3 aromatic rings. The van der Waals surface area contributed by atoms with Gasteiger partial charge in [0, 0.05) is 18.9 Å². The van der Waals surface area contributed by atoms with E-state index in [9.17, 15) is 8.42 Å². The van der Waals surface area contributed by atoms with Crippen molar-refractivity contribution in [3.05, 3.63) is 65.5 Å². The van der Waals surface area contributed by atoms with Gasteiger partial charge in [0.05, 0.1) is 15.9 Å². The molecule has 0 saturated heterocycles. The minimum absolute atomic E-state index is 0.210. The number of nitrogens with one attached hydrogen (secondary N) is 1. The quantitative estimate of drug-likeness (QED) is 0.800. The van der Waals surface area contributed by atoms with Crippen LogP contribution in [0.15, 0.2) is 53.7 Å². The smallest absolute Gasteiger partial charge is 0.241 e. The number of aryl methyl sites for hydroxylation is 2. The summed E-state index contributed by atoms with van der Waals surface area (Å²) in [7, 11) is -3.55. The van der Waals surface area contributed by atoms with Gasteiger partial charge in [0.25, 0.3) is 0 Å². The molecule has 0 atom stereocenters. The number of benzene rings is 2. The summed E-state index contributed by atoms with van der Waals surface area (Å²) in [6.07, 6.45) is 3.25. The Kier molecular flexibility index (Phi) is 4.11. The second-order valence-electron chi connectivity index (χ2n) is 5.47. The van der Waals surface area contributed by atoms with Crippen LogP contribution >= 0.6 is 0 Å². The molecule has 1 aromatic heterocycles. The van der Waals surface area contributed by atoms with E-state index in [1.807, 2.05) is 31.2 Å². The van der Waals surface area contributed by atoms with Crippen molar-refractivity contribution < 1.29 is 8.42 Å². The van der Waals surface area contributed by atoms with Gasteiger partial charge in [-0.3, -0.25) is 9.97 Å². The van der Waals surface area contributed by atoms with Crippen LogP contribution in [0.4, 0.5) is 0 Å². The van der Waals surface area contributed by atoms with Gasteiger partial charge in [-0.25, -0.2) is 13.1 Å². The summed E-state index contributed by atoms with van der Waals surface area (Å²) in [6, 6.07) is 10.8. The zero-order valence-corrected chi connectivity index (χ0v) is 13.8. The third-order valence-electron chi connectivity index (χ3n) is 3.62. The van der Waals surface area contributed by atoms with Gasteiger partial charge in [-0.05, 0) is 43.2 Å². The fourth-order valence-electron chi connectivity index (χ4n) is 2.48. The summed E-state index contributed by atoms with van der Waals surface area (Å²) in [4.78, 5) is 8.73. The van der Waals surface area contributed by atoms with E-state index < -0.39 is 10.0 Å². The zero-order valence-electron chi connectivity index (χ0n) is 12.9. The Labute approximate surface area is 135 Å². The van der Waals surface area contributed by atoms with Crippen molar-refractivity contribution in [3.63, 3.8) is 0 Å². The maximum atomic E-state index is 12.5. The first kappa shape index (κ1) is 15.6. The Morgan fingerprint density at radius 2 is 1.70 bits per heavy atom. The number of hydrogen-bond acceptors (Lipinski definition) is 4. The number of aromatic nitrogens is 2. The fourth-order valence-corrected chi connectivity index (χ4v) is 3.72. The van der Waals surface area contributed by atoms with Crippen molar-refractivity contribution in [1.29, 1.82) is 0 Å². The molecule has 0 fully saturated rings. The first-order chi connectivity index (χ1) is 11.0. The van der Waals surface area contributed by atoms with E-state index in [0.717, 1.165) is 27.7 Å². The second-order valence-corrected chi connectivity index (χ2v) is 7.21. The van der Waals surface area contributed by atoms with Gasteiger partial charge < -0.3 is 0 Å². The molecule has 0 saturated carbocycles. The summed E-state index contributed by atoms with van der Waals surface area (Å²) >= 11 is 0. The van der Waals surface area contributed by atoms with E-state index in [1.165, 1.54) is 0 Å². The van der Waals surface area contributed by atoms with Gasteiger partial charge in [0.15, 0.2) is 0 Å². The van der Waals surface area contributed by atoms with E-state index in [-0.39, 0.29) is 6.54 Å². The van der Waals surface area contributed by atoms with Crippen molar-refractivity contribution in [1.82, 2.24) is 14.7 Å².